The van der Waals surface area contributed by atoms with Crippen LogP contribution in [0.3, 0.4) is 0 Å². The number of aliphatic hydroxyl groups is 1. The first-order valence-electron chi connectivity index (χ1n) is 9.41. The quantitative estimate of drug-likeness (QED) is 0.515. The molecular formula is C22H22F3N3O2. The molecule has 5 nitrogen and oxygen atoms in total. The zero-order chi connectivity index (χ0) is 22.0. The second-order valence-corrected chi connectivity index (χ2v) is 7.31. The van der Waals surface area contributed by atoms with Crippen molar-refractivity contribution in [1.82, 2.24) is 9.97 Å². The molecule has 0 spiro atoms. The molecule has 0 saturated carbocycles. The third-order valence-corrected chi connectivity index (χ3v) is 4.95. The Morgan fingerprint density at radius 3 is 2.30 bits per heavy atom. The fourth-order valence-corrected chi connectivity index (χ4v) is 3.14. The lowest BCUT2D eigenvalue weighted by Gasteiger charge is -2.13. The number of halogens is 3. The van der Waals surface area contributed by atoms with Crippen LogP contribution >= 0.6 is 0 Å². The molecule has 1 atom stereocenters. The highest BCUT2D eigenvalue weighted by molar-refractivity contribution is 5.60. The van der Waals surface area contributed by atoms with Crippen LogP contribution in [-0.4, -0.2) is 15.1 Å². The van der Waals surface area contributed by atoms with E-state index >= 15 is 0 Å². The maximum Gasteiger partial charge on any atom is 0.252 e. The standard InChI is InChI=1S/C22H22F3N3O2/c1-11-6-13(3)18(7-12(11)2)27-22-26-15(10-20(30)28-22)4-5-19(29)14-8-16(23)21(25)17(24)9-14/h6-10,19,29H,4-5H2,1-3H3,(H2,26,27,28,30). The van der Waals surface area contributed by atoms with E-state index in [2.05, 4.69) is 15.3 Å². The Labute approximate surface area is 171 Å². The number of H-pyrrole nitrogens is 1. The molecule has 1 heterocycles. The van der Waals surface area contributed by atoms with Crippen LogP contribution in [0.25, 0.3) is 0 Å². The molecule has 0 radical (unpaired) electrons. The zero-order valence-corrected chi connectivity index (χ0v) is 16.8. The minimum atomic E-state index is -1.58. The lowest BCUT2D eigenvalue weighted by molar-refractivity contribution is 0.166. The van der Waals surface area contributed by atoms with Gasteiger partial charge in [0, 0.05) is 17.4 Å². The summed E-state index contributed by atoms with van der Waals surface area (Å²) in [6.45, 7) is 5.93. The second kappa shape index (κ2) is 8.71. The number of hydrogen-bond acceptors (Lipinski definition) is 4. The average molecular weight is 417 g/mol. The van der Waals surface area contributed by atoms with Crippen molar-refractivity contribution >= 4 is 11.6 Å². The van der Waals surface area contributed by atoms with E-state index in [1.807, 2.05) is 32.9 Å². The minimum Gasteiger partial charge on any atom is -0.388 e. The summed E-state index contributed by atoms with van der Waals surface area (Å²) in [5.41, 5.74) is 3.96. The monoisotopic (exact) mass is 417 g/mol. The third kappa shape index (κ3) is 4.88. The number of rotatable bonds is 6. The second-order valence-electron chi connectivity index (χ2n) is 7.31. The molecule has 0 amide bonds. The molecule has 3 N–H and O–H groups in total. The summed E-state index contributed by atoms with van der Waals surface area (Å²) < 4.78 is 39.8. The zero-order valence-electron chi connectivity index (χ0n) is 16.8. The van der Waals surface area contributed by atoms with Crippen LogP contribution in [0, 0.1) is 38.2 Å². The molecule has 1 unspecified atom stereocenters. The van der Waals surface area contributed by atoms with Gasteiger partial charge in [0.15, 0.2) is 17.5 Å². The highest BCUT2D eigenvalue weighted by Crippen LogP contribution is 2.24. The molecule has 0 saturated heterocycles. The predicted octanol–water partition coefficient (Wildman–Crippen LogP) is 4.52. The molecule has 2 aromatic carbocycles. The first-order chi connectivity index (χ1) is 14.1. The smallest absolute Gasteiger partial charge is 0.252 e. The topological polar surface area (TPSA) is 78.0 Å². The molecule has 3 rings (SSSR count). The number of anilines is 2. The van der Waals surface area contributed by atoms with Crippen molar-refractivity contribution in [2.75, 3.05) is 5.32 Å². The number of nitrogens with one attached hydrogen (secondary N) is 2. The summed E-state index contributed by atoms with van der Waals surface area (Å²) in [7, 11) is 0. The normalized spacial score (nSPS) is 12.1. The summed E-state index contributed by atoms with van der Waals surface area (Å²) in [6.07, 6.45) is -1.02. The van der Waals surface area contributed by atoms with Crippen LogP contribution in [0.15, 0.2) is 35.1 Å². The lowest BCUT2D eigenvalue weighted by atomic mass is 10.0. The van der Waals surface area contributed by atoms with Crippen molar-refractivity contribution < 1.29 is 18.3 Å². The average Bonchev–Trinajstić information content (AvgIpc) is 2.67. The van der Waals surface area contributed by atoms with Crippen LogP contribution in [0.4, 0.5) is 24.8 Å². The molecule has 30 heavy (non-hydrogen) atoms. The molecule has 158 valence electrons. The lowest BCUT2D eigenvalue weighted by Crippen LogP contribution is -2.13. The van der Waals surface area contributed by atoms with Crippen LogP contribution in [0.1, 0.15) is 40.5 Å². The number of aromatic amines is 1. The van der Waals surface area contributed by atoms with Gasteiger partial charge in [-0.3, -0.25) is 9.78 Å². The number of aryl methyl sites for hydroxylation is 4. The number of aliphatic hydroxyl groups excluding tert-OH is 1. The first-order valence-corrected chi connectivity index (χ1v) is 9.41. The molecule has 3 aromatic rings. The van der Waals surface area contributed by atoms with E-state index in [0.717, 1.165) is 34.5 Å². The van der Waals surface area contributed by atoms with Crippen molar-refractivity contribution in [1.29, 1.82) is 0 Å². The first kappa shape index (κ1) is 21.6. The number of nitrogens with zero attached hydrogens (tertiary/aromatic N) is 1. The van der Waals surface area contributed by atoms with Gasteiger partial charge in [-0.25, -0.2) is 18.2 Å². The van der Waals surface area contributed by atoms with Crippen LogP contribution in [0.5, 0.6) is 0 Å². The van der Waals surface area contributed by atoms with Crippen molar-refractivity contribution in [3.05, 3.63) is 86.1 Å². The van der Waals surface area contributed by atoms with Gasteiger partial charge in [-0.2, -0.15) is 0 Å². The van der Waals surface area contributed by atoms with Gasteiger partial charge in [0.25, 0.3) is 5.56 Å². The van der Waals surface area contributed by atoms with Crippen LogP contribution < -0.4 is 10.9 Å². The Hall–Kier alpha value is -3.13. The number of hydrogen-bond donors (Lipinski definition) is 3. The molecule has 8 heteroatoms. The maximum absolute atomic E-state index is 13.4. The van der Waals surface area contributed by atoms with E-state index in [1.54, 1.807) is 0 Å². The molecule has 0 bridgehead atoms. The predicted molar refractivity (Wildman–Crippen MR) is 108 cm³/mol. The van der Waals surface area contributed by atoms with Gasteiger partial charge < -0.3 is 10.4 Å². The van der Waals surface area contributed by atoms with Crippen LogP contribution in [-0.2, 0) is 6.42 Å². The van der Waals surface area contributed by atoms with Crippen molar-refractivity contribution in [2.45, 2.75) is 39.7 Å². The Kier molecular flexibility index (Phi) is 6.26. The Morgan fingerprint density at radius 1 is 1.00 bits per heavy atom. The fraction of sp³-hybridized carbons (Fsp3) is 0.273. The van der Waals surface area contributed by atoms with Gasteiger partial charge >= 0.3 is 0 Å². The maximum atomic E-state index is 13.4. The molecule has 0 aliphatic carbocycles. The van der Waals surface area contributed by atoms with Gasteiger partial charge in [-0.1, -0.05) is 6.07 Å². The van der Waals surface area contributed by atoms with Crippen molar-refractivity contribution in [3.8, 4) is 0 Å². The SMILES string of the molecule is Cc1cc(C)c(Nc2nc(CCC(O)c3cc(F)c(F)c(F)c3)cc(=O)[nH]2)cc1C. The molecule has 0 aliphatic heterocycles. The summed E-state index contributed by atoms with van der Waals surface area (Å²) in [5, 5.41) is 13.3. The summed E-state index contributed by atoms with van der Waals surface area (Å²) in [5.74, 6) is -4.07. The Balaban J connectivity index is 1.76. The summed E-state index contributed by atoms with van der Waals surface area (Å²) in [6, 6.07) is 6.78. The minimum absolute atomic E-state index is 0.0447. The van der Waals surface area contributed by atoms with Gasteiger partial charge in [0.2, 0.25) is 5.95 Å². The van der Waals surface area contributed by atoms with Gasteiger partial charge in [-0.05, 0) is 74.1 Å². The Morgan fingerprint density at radius 2 is 1.63 bits per heavy atom. The fourth-order valence-electron chi connectivity index (χ4n) is 3.14. The van der Waals surface area contributed by atoms with E-state index in [9.17, 15) is 23.1 Å². The van der Waals surface area contributed by atoms with Crippen molar-refractivity contribution in [3.63, 3.8) is 0 Å². The van der Waals surface area contributed by atoms with E-state index < -0.39 is 23.6 Å². The third-order valence-electron chi connectivity index (χ3n) is 4.95. The summed E-state index contributed by atoms with van der Waals surface area (Å²) in [4.78, 5) is 19.0. The van der Waals surface area contributed by atoms with E-state index in [4.69, 9.17) is 0 Å². The molecular weight excluding hydrogens is 395 g/mol. The van der Waals surface area contributed by atoms with Crippen LogP contribution in [0.2, 0.25) is 0 Å². The van der Waals surface area contributed by atoms with Gasteiger partial charge in [0.1, 0.15) is 0 Å². The van der Waals surface area contributed by atoms with E-state index in [1.165, 1.54) is 6.07 Å². The Bertz CT molecular complexity index is 1120. The van der Waals surface area contributed by atoms with Gasteiger partial charge in [-0.15, -0.1) is 0 Å². The number of benzene rings is 2. The number of aromatic nitrogens is 2. The van der Waals surface area contributed by atoms with Crippen molar-refractivity contribution in [2.24, 2.45) is 0 Å². The highest BCUT2D eigenvalue weighted by Gasteiger charge is 2.16. The highest BCUT2D eigenvalue weighted by atomic mass is 19.2. The summed E-state index contributed by atoms with van der Waals surface area (Å²) >= 11 is 0. The molecule has 0 aliphatic rings. The molecule has 0 fully saturated rings. The van der Waals surface area contributed by atoms with Gasteiger partial charge in [0.05, 0.1) is 6.10 Å². The van der Waals surface area contributed by atoms with E-state index in [0.29, 0.717) is 5.69 Å². The largest absolute Gasteiger partial charge is 0.388 e. The van der Waals surface area contributed by atoms with E-state index in [-0.39, 0.29) is 29.9 Å². The molecule has 1 aromatic heterocycles.